The fourth-order valence-electron chi connectivity index (χ4n) is 2.78. The van der Waals surface area contributed by atoms with Crippen LogP contribution in [0.5, 0.6) is 0 Å². The smallest absolute Gasteiger partial charge is 0.145 e. The molecule has 0 bridgehead atoms. The van der Waals surface area contributed by atoms with E-state index >= 15 is 0 Å². The quantitative estimate of drug-likeness (QED) is 0.865. The van der Waals surface area contributed by atoms with E-state index in [0.717, 1.165) is 18.3 Å². The first kappa shape index (κ1) is 12.4. The van der Waals surface area contributed by atoms with E-state index in [-0.39, 0.29) is 6.04 Å². The highest BCUT2D eigenvalue weighted by Gasteiger charge is 2.26. The normalized spacial score (nSPS) is 17.1. The monoisotopic (exact) mass is 256 g/mol. The molecule has 1 aromatic heterocycles. The van der Waals surface area contributed by atoms with Crippen LogP contribution in [0, 0.1) is 0 Å². The predicted octanol–water partition coefficient (Wildman–Crippen LogP) is 2.77. The van der Waals surface area contributed by atoms with E-state index < -0.39 is 0 Å². The maximum atomic E-state index is 4.33. The van der Waals surface area contributed by atoms with E-state index in [0.29, 0.717) is 0 Å². The van der Waals surface area contributed by atoms with Gasteiger partial charge in [-0.15, -0.1) is 0 Å². The van der Waals surface area contributed by atoms with Crippen LogP contribution in [0.3, 0.4) is 0 Å². The van der Waals surface area contributed by atoms with E-state index in [4.69, 9.17) is 0 Å². The first-order valence-electron chi connectivity index (χ1n) is 7.07. The van der Waals surface area contributed by atoms with Crippen molar-refractivity contribution in [3.8, 4) is 0 Å². The predicted molar refractivity (Wildman–Crippen MR) is 74.9 cm³/mol. The first-order valence-corrected chi connectivity index (χ1v) is 7.07. The number of nitrogens with zero attached hydrogens (tertiary/aromatic N) is 2. The van der Waals surface area contributed by atoms with Crippen molar-refractivity contribution in [1.29, 1.82) is 0 Å². The number of aromatic nitrogens is 3. The molecule has 0 amide bonds. The van der Waals surface area contributed by atoms with E-state index in [1.165, 1.54) is 30.4 Å². The second-order valence-electron chi connectivity index (χ2n) is 5.12. The summed E-state index contributed by atoms with van der Waals surface area (Å²) in [5.41, 5.74) is 2.81. The fourth-order valence-corrected chi connectivity index (χ4v) is 2.78. The Balaban J connectivity index is 1.97. The molecule has 19 heavy (non-hydrogen) atoms. The minimum Gasteiger partial charge on any atom is -0.304 e. The topological polar surface area (TPSA) is 53.6 Å². The van der Waals surface area contributed by atoms with Gasteiger partial charge in [-0.3, -0.25) is 5.10 Å². The van der Waals surface area contributed by atoms with Gasteiger partial charge in [-0.1, -0.05) is 37.6 Å². The van der Waals surface area contributed by atoms with Crippen molar-refractivity contribution < 1.29 is 0 Å². The second kappa shape index (κ2) is 5.53. The van der Waals surface area contributed by atoms with Crippen LogP contribution in [-0.4, -0.2) is 21.7 Å². The van der Waals surface area contributed by atoms with Crippen LogP contribution >= 0.6 is 0 Å². The molecule has 0 aliphatic heterocycles. The Morgan fingerprint density at radius 2 is 2.21 bits per heavy atom. The third kappa shape index (κ3) is 2.40. The molecule has 0 radical (unpaired) electrons. The molecule has 4 heteroatoms. The lowest BCUT2D eigenvalue weighted by Gasteiger charge is -2.30. The van der Waals surface area contributed by atoms with Crippen molar-refractivity contribution >= 4 is 0 Å². The average molecular weight is 256 g/mol. The highest BCUT2D eigenvalue weighted by atomic mass is 15.2. The average Bonchev–Trinajstić information content (AvgIpc) is 2.88. The van der Waals surface area contributed by atoms with Crippen molar-refractivity contribution in [3.63, 3.8) is 0 Å². The number of aromatic amines is 1. The third-order valence-electron chi connectivity index (χ3n) is 3.97. The zero-order valence-corrected chi connectivity index (χ0v) is 11.3. The summed E-state index contributed by atoms with van der Waals surface area (Å²) in [6.07, 6.45) is 5.55. The first-order chi connectivity index (χ1) is 9.40. The summed E-state index contributed by atoms with van der Waals surface area (Å²) in [7, 11) is 0. The summed E-state index contributed by atoms with van der Waals surface area (Å²) in [6, 6.07) is 8.84. The van der Waals surface area contributed by atoms with E-state index in [9.17, 15) is 0 Å². The molecular formula is C15H20N4. The standard InChI is InChI=1S/C15H20N4/c1-2-16-14(15-17-10-18-19-15)13-9-4-3-8-12(13)11-6-5-7-11/h3-4,8-11,14,16H,2,5-7H2,1H3,(H,17,18,19). The van der Waals surface area contributed by atoms with Crippen molar-refractivity contribution in [1.82, 2.24) is 20.5 Å². The van der Waals surface area contributed by atoms with Crippen LogP contribution in [0.25, 0.3) is 0 Å². The van der Waals surface area contributed by atoms with Crippen LogP contribution in [0.1, 0.15) is 55.1 Å². The number of rotatable bonds is 5. The number of hydrogen-bond donors (Lipinski definition) is 2. The zero-order valence-electron chi connectivity index (χ0n) is 11.3. The molecule has 1 fully saturated rings. The lowest BCUT2D eigenvalue weighted by atomic mass is 9.77. The molecule has 0 saturated heterocycles. The van der Waals surface area contributed by atoms with Gasteiger partial charge in [0, 0.05) is 0 Å². The molecular weight excluding hydrogens is 236 g/mol. The number of hydrogen-bond acceptors (Lipinski definition) is 3. The summed E-state index contributed by atoms with van der Waals surface area (Å²) >= 11 is 0. The Hall–Kier alpha value is -1.68. The summed E-state index contributed by atoms with van der Waals surface area (Å²) in [5, 5.41) is 10.5. The van der Waals surface area contributed by atoms with Gasteiger partial charge in [0.1, 0.15) is 12.2 Å². The van der Waals surface area contributed by atoms with Crippen LogP contribution in [0.2, 0.25) is 0 Å². The molecule has 4 nitrogen and oxygen atoms in total. The number of H-pyrrole nitrogens is 1. The summed E-state index contributed by atoms with van der Waals surface area (Å²) in [6.45, 7) is 3.03. The van der Waals surface area contributed by atoms with Gasteiger partial charge in [0.2, 0.25) is 0 Å². The third-order valence-corrected chi connectivity index (χ3v) is 3.97. The Morgan fingerprint density at radius 1 is 1.37 bits per heavy atom. The maximum absolute atomic E-state index is 4.33. The number of benzene rings is 1. The number of nitrogens with one attached hydrogen (secondary N) is 2. The van der Waals surface area contributed by atoms with Gasteiger partial charge < -0.3 is 5.32 Å². The Bertz CT molecular complexity index is 517. The second-order valence-corrected chi connectivity index (χ2v) is 5.12. The Kier molecular flexibility index (Phi) is 3.60. The molecule has 2 N–H and O–H groups in total. The van der Waals surface area contributed by atoms with Crippen LogP contribution < -0.4 is 5.32 Å². The van der Waals surface area contributed by atoms with E-state index in [1.54, 1.807) is 6.33 Å². The van der Waals surface area contributed by atoms with Crippen molar-refractivity contribution in [3.05, 3.63) is 47.5 Å². The lowest BCUT2D eigenvalue weighted by Crippen LogP contribution is -2.25. The molecule has 1 aliphatic carbocycles. The molecule has 1 heterocycles. The zero-order chi connectivity index (χ0) is 13.1. The van der Waals surface area contributed by atoms with Gasteiger partial charge in [-0.2, -0.15) is 5.10 Å². The maximum Gasteiger partial charge on any atom is 0.145 e. The van der Waals surface area contributed by atoms with Crippen molar-refractivity contribution in [2.45, 2.75) is 38.1 Å². The summed E-state index contributed by atoms with van der Waals surface area (Å²) < 4.78 is 0. The lowest BCUT2D eigenvalue weighted by molar-refractivity contribution is 0.413. The summed E-state index contributed by atoms with van der Waals surface area (Å²) in [5.74, 6) is 1.62. The Labute approximate surface area is 113 Å². The van der Waals surface area contributed by atoms with Crippen LogP contribution in [0.15, 0.2) is 30.6 Å². The van der Waals surface area contributed by atoms with Gasteiger partial charge in [0.15, 0.2) is 0 Å². The molecule has 1 atom stereocenters. The minimum absolute atomic E-state index is 0.115. The van der Waals surface area contributed by atoms with Crippen molar-refractivity contribution in [2.75, 3.05) is 6.54 Å². The molecule has 1 saturated carbocycles. The molecule has 100 valence electrons. The molecule has 2 aromatic rings. The molecule has 0 spiro atoms. The van der Waals surface area contributed by atoms with E-state index in [2.05, 4.69) is 51.7 Å². The molecule has 1 aromatic carbocycles. The van der Waals surface area contributed by atoms with Gasteiger partial charge in [-0.05, 0) is 36.4 Å². The fraction of sp³-hybridized carbons (Fsp3) is 0.467. The van der Waals surface area contributed by atoms with Crippen LogP contribution in [0.4, 0.5) is 0 Å². The highest BCUT2D eigenvalue weighted by Crippen LogP contribution is 2.40. The minimum atomic E-state index is 0.115. The van der Waals surface area contributed by atoms with Gasteiger partial charge >= 0.3 is 0 Å². The molecule has 1 unspecified atom stereocenters. The van der Waals surface area contributed by atoms with Crippen molar-refractivity contribution in [2.24, 2.45) is 0 Å². The van der Waals surface area contributed by atoms with Gasteiger partial charge in [0.05, 0.1) is 6.04 Å². The highest BCUT2D eigenvalue weighted by molar-refractivity contribution is 5.36. The molecule has 3 rings (SSSR count). The van der Waals surface area contributed by atoms with Gasteiger partial charge in [-0.25, -0.2) is 4.98 Å². The molecule has 1 aliphatic rings. The van der Waals surface area contributed by atoms with E-state index in [1.807, 2.05) is 0 Å². The SMILES string of the molecule is CCNC(c1ncn[nH]1)c1ccccc1C1CCC1. The van der Waals surface area contributed by atoms with Crippen LogP contribution in [-0.2, 0) is 0 Å². The summed E-state index contributed by atoms with van der Waals surface area (Å²) in [4.78, 5) is 4.33. The Morgan fingerprint density at radius 3 is 2.84 bits per heavy atom. The largest absolute Gasteiger partial charge is 0.304 e. The van der Waals surface area contributed by atoms with Gasteiger partial charge in [0.25, 0.3) is 0 Å².